The van der Waals surface area contributed by atoms with Crippen LogP contribution >= 0.6 is 11.3 Å². The van der Waals surface area contributed by atoms with Gasteiger partial charge in [0.05, 0.1) is 0 Å². The van der Waals surface area contributed by atoms with Crippen LogP contribution in [0.5, 0.6) is 0 Å². The Morgan fingerprint density at radius 1 is 0.236 bits per heavy atom. The van der Waals surface area contributed by atoms with Gasteiger partial charge in [-0.15, -0.1) is 11.3 Å². The third kappa shape index (κ3) is 6.50. The molecule has 0 aliphatic carbocycles. The summed E-state index contributed by atoms with van der Waals surface area (Å²) >= 11 is 1.80. The summed E-state index contributed by atoms with van der Waals surface area (Å²) in [5, 5.41) is 2.51. The Morgan fingerprint density at radius 2 is 0.600 bits per heavy atom. The predicted molar refractivity (Wildman–Crippen MR) is 231 cm³/mol. The molecule has 0 saturated heterocycles. The number of aromatic nitrogens is 3. The van der Waals surface area contributed by atoms with Gasteiger partial charge < -0.3 is 0 Å². The van der Waals surface area contributed by atoms with Gasteiger partial charge in [0.1, 0.15) is 0 Å². The van der Waals surface area contributed by atoms with E-state index in [0.717, 1.165) is 44.5 Å². The van der Waals surface area contributed by atoms with Crippen molar-refractivity contribution in [3.63, 3.8) is 0 Å². The van der Waals surface area contributed by atoms with Crippen LogP contribution in [0.3, 0.4) is 0 Å². The maximum absolute atomic E-state index is 5.23. The smallest absolute Gasteiger partial charge is 0.164 e. The van der Waals surface area contributed by atoms with Gasteiger partial charge in [0.15, 0.2) is 17.5 Å². The lowest BCUT2D eigenvalue weighted by Gasteiger charge is -2.13. The molecule has 2 aromatic heterocycles. The van der Waals surface area contributed by atoms with Crippen molar-refractivity contribution in [1.82, 2.24) is 15.0 Å². The summed E-state index contributed by atoms with van der Waals surface area (Å²) in [6, 6.07) is 70.6. The first-order valence-electron chi connectivity index (χ1n) is 18.4. The summed E-state index contributed by atoms with van der Waals surface area (Å²) < 4.78 is 2.48. The molecule has 0 unspecified atom stereocenters. The number of nitrogens with zero attached hydrogens (tertiary/aromatic N) is 3. The van der Waals surface area contributed by atoms with Gasteiger partial charge >= 0.3 is 0 Å². The number of hydrogen-bond donors (Lipinski definition) is 0. The molecule has 0 aliphatic heterocycles. The molecule has 258 valence electrons. The maximum Gasteiger partial charge on any atom is 0.164 e. The van der Waals surface area contributed by atoms with E-state index in [9.17, 15) is 0 Å². The first-order valence-corrected chi connectivity index (χ1v) is 19.2. The molecule has 0 atom stereocenters. The molecule has 0 spiro atoms. The molecule has 0 amide bonds. The first kappa shape index (κ1) is 32.6. The van der Waals surface area contributed by atoms with Gasteiger partial charge in [-0.05, 0) is 74.8 Å². The fraction of sp³-hybridized carbons (Fsp3) is 0. The number of hydrogen-bond acceptors (Lipinski definition) is 4. The standard InChI is InChI=1S/C51H33N3S/c1-4-12-34(13-5-1)37-20-22-39(23-21-37)43-30-42(36-16-8-3-9-17-36)31-44(32-43)51-53-49(40-26-24-38(25-27-40)35-14-6-2-7-15-35)52-50(54-51)41-28-29-46-45-18-10-11-19-47(45)55-48(46)33-41/h1-33H. The van der Waals surface area contributed by atoms with E-state index in [1.165, 1.54) is 36.9 Å². The molecule has 10 rings (SSSR count). The Labute approximate surface area is 323 Å². The van der Waals surface area contributed by atoms with E-state index in [1.807, 2.05) is 6.07 Å². The van der Waals surface area contributed by atoms with Crippen molar-refractivity contribution in [3.05, 3.63) is 200 Å². The predicted octanol–water partition coefficient (Wildman–Crippen LogP) is 13.9. The summed E-state index contributed by atoms with van der Waals surface area (Å²) in [7, 11) is 0. The third-order valence-corrected chi connectivity index (χ3v) is 11.3. The summed E-state index contributed by atoms with van der Waals surface area (Å²) in [6.07, 6.45) is 0. The zero-order valence-electron chi connectivity index (χ0n) is 29.8. The van der Waals surface area contributed by atoms with Crippen LogP contribution < -0.4 is 0 Å². The second-order valence-corrected chi connectivity index (χ2v) is 14.8. The molecule has 8 aromatic carbocycles. The topological polar surface area (TPSA) is 38.7 Å². The highest BCUT2D eigenvalue weighted by molar-refractivity contribution is 7.25. The lowest BCUT2D eigenvalue weighted by atomic mass is 9.94. The minimum absolute atomic E-state index is 0.628. The van der Waals surface area contributed by atoms with Crippen LogP contribution in [-0.4, -0.2) is 15.0 Å². The van der Waals surface area contributed by atoms with E-state index in [1.54, 1.807) is 11.3 Å². The largest absolute Gasteiger partial charge is 0.208 e. The van der Waals surface area contributed by atoms with Crippen molar-refractivity contribution in [1.29, 1.82) is 0 Å². The summed E-state index contributed by atoms with van der Waals surface area (Å²) in [5.74, 6) is 1.91. The van der Waals surface area contributed by atoms with Gasteiger partial charge in [-0.25, -0.2) is 15.0 Å². The van der Waals surface area contributed by atoms with Gasteiger partial charge in [-0.1, -0.05) is 170 Å². The molecule has 10 aromatic rings. The van der Waals surface area contributed by atoms with Gasteiger partial charge in [-0.3, -0.25) is 0 Å². The molecule has 4 heteroatoms. The monoisotopic (exact) mass is 719 g/mol. The van der Waals surface area contributed by atoms with Crippen LogP contribution in [0.25, 0.3) is 98.8 Å². The normalized spacial score (nSPS) is 11.3. The SMILES string of the molecule is c1ccc(-c2ccc(-c3cc(-c4ccccc4)cc(-c4nc(-c5ccc(-c6ccccc6)cc5)nc(-c5ccc6c(c5)sc5ccccc56)n4)c3)cc2)cc1. The molecule has 0 saturated carbocycles. The third-order valence-electron chi connectivity index (χ3n) is 10.1. The van der Waals surface area contributed by atoms with Gasteiger partial charge in [-0.2, -0.15) is 0 Å². The first-order chi connectivity index (χ1) is 27.2. The van der Waals surface area contributed by atoms with Crippen molar-refractivity contribution >= 4 is 31.5 Å². The molecule has 0 N–H and O–H groups in total. The number of benzene rings is 8. The van der Waals surface area contributed by atoms with Crippen LogP contribution in [0.1, 0.15) is 0 Å². The second kappa shape index (κ2) is 14.1. The Kier molecular flexibility index (Phi) is 8.36. The molecule has 55 heavy (non-hydrogen) atoms. The molecular formula is C51H33N3S. The molecule has 2 heterocycles. The van der Waals surface area contributed by atoms with Gasteiger partial charge in [0.2, 0.25) is 0 Å². The fourth-order valence-corrected chi connectivity index (χ4v) is 8.42. The second-order valence-electron chi connectivity index (χ2n) is 13.7. The van der Waals surface area contributed by atoms with E-state index >= 15 is 0 Å². The number of rotatable bonds is 7. The molecule has 0 fully saturated rings. The number of fused-ring (bicyclic) bond motifs is 3. The van der Waals surface area contributed by atoms with Crippen LogP contribution in [0.4, 0.5) is 0 Å². The van der Waals surface area contributed by atoms with Crippen molar-refractivity contribution in [2.75, 3.05) is 0 Å². The van der Waals surface area contributed by atoms with E-state index in [0.29, 0.717) is 17.5 Å². The van der Waals surface area contributed by atoms with Crippen molar-refractivity contribution in [2.24, 2.45) is 0 Å². The van der Waals surface area contributed by atoms with Crippen LogP contribution in [0.2, 0.25) is 0 Å². The van der Waals surface area contributed by atoms with Crippen LogP contribution in [-0.2, 0) is 0 Å². The lowest BCUT2D eigenvalue weighted by Crippen LogP contribution is -2.00. The maximum atomic E-state index is 5.23. The average molecular weight is 720 g/mol. The molecule has 3 nitrogen and oxygen atoms in total. The van der Waals surface area contributed by atoms with E-state index in [2.05, 4.69) is 194 Å². The highest BCUT2D eigenvalue weighted by atomic mass is 32.1. The van der Waals surface area contributed by atoms with Crippen LogP contribution in [0, 0.1) is 0 Å². The highest BCUT2D eigenvalue weighted by Crippen LogP contribution is 2.38. The Balaban J connectivity index is 1.13. The van der Waals surface area contributed by atoms with Gasteiger partial charge in [0, 0.05) is 36.9 Å². The quantitative estimate of drug-likeness (QED) is 0.165. The Morgan fingerprint density at radius 3 is 1.16 bits per heavy atom. The minimum Gasteiger partial charge on any atom is -0.208 e. The molecule has 0 radical (unpaired) electrons. The van der Waals surface area contributed by atoms with E-state index in [-0.39, 0.29) is 0 Å². The molecule has 0 aliphatic rings. The Hall–Kier alpha value is -7.01. The zero-order chi connectivity index (χ0) is 36.6. The van der Waals surface area contributed by atoms with Crippen molar-refractivity contribution in [2.45, 2.75) is 0 Å². The van der Waals surface area contributed by atoms with Gasteiger partial charge in [0.25, 0.3) is 0 Å². The molecule has 0 bridgehead atoms. The van der Waals surface area contributed by atoms with E-state index in [4.69, 9.17) is 15.0 Å². The van der Waals surface area contributed by atoms with Crippen molar-refractivity contribution < 1.29 is 0 Å². The highest BCUT2D eigenvalue weighted by Gasteiger charge is 2.16. The fourth-order valence-electron chi connectivity index (χ4n) is 7.28. The number of thiophene rings is 1. The summed E-state index contributed by atoms with van der Waals surface area (Å²) in [4.78, 5) is 15.6. The Bertz CT molecular complexity index is 2940. The molecular weight excluding hydrogens is 687 g/mol. The average Bonchev–Trinajstić information content (AvgIpc) is 3.65. The minimum atomic E-state index is 0.628. The zero-order valence-corrected chi connectivity index (χ0v) is 30.6. The van der Waals surface area contributed by atoms with E-state index < -0.39 is 0 Å². The van der Waals surface area contributed by atoms with Crippen LogP contribution in [0.15, 0.2) is 200 Å². The van der Waals surface area contributed by atoms with Crippen molar-refractivity contribution in [3.8, 4) is 78.7 Å². The summed E-state index contributed by atoms with van der Waals surface area (Å²) in [6.45, 7) is 0. The lowest BCUT2D eigenvalue weighted by molar-refractivity contribution is 1.07. The summed E-state index contributed by atoms with van der Waals surface area (Å²) in [5.41, 5.74) is 12.0.